The molecule has 3 aromatic rings. The van der Waals surface area contributed by atoms with E-state index < -0.39 is 107 Å². The van der Waals surface area contributed by atoms with Crippen molar-refractivity contribution in [3.63, 3.8) is 0 Å². The Balaban J connectivity index is 1.77. The number of ether oxygens (including phenoxy) is 2. The highest BCUT2D eigenvalue weighted by atomic mass is 19.2. The summed E-state index contributed by atoms with van der Waals surface area (Å²) in [5, 5.41) is 26.2. The van der Waals surface area contributed by atoms with Crippen molar-refractivity contribution < 1.29 is 56.4 Å². The van der Waals surface area contributed by atoms with Crippen molar-refractivity contribution in [2.24, 2.45) is 5.92 Å². The fourth-order valence-corrected chi connectivity index (χ4v) is 5.12. The Bertz CT molecular complexity index is 1640. The second-order valence-electron chi connectivity index (χ2n) is 11.2. The van der Waals surface area contributed by atoms with E-state index in [9.17, 15) is 47.0 Å². The summed E-state index contributed by atoms with van der Waals surface area (Å²) in [6.45, 7) is 3.38. The molecule has 1 aliphatic heterocycles. The van der Waals surface area contributed by atoms with Crippen LogP contribution in [-0.4, -0.2) is 64.4 Å². The number of aromatic hydroxyl groups is 1. The van der Waals surface area contributed by atoms with E-state index in [1.54, 1.807) is 30.3 Å². The lowest BCUT2D eigenvalue weighted by Gasteiger charge is -2.33. The van der Waals surface area contributed by atoms with Crippen molar-refractivity contribution in [2.45, 2.75) is 64.0 Å². The second-order valence-corrected chi connectivity index (χ2v) is 11.2. The van der Waals surface area contributed by atoms with Gasteiger partial charge in [-0.25, -0.2) is 22.4 Å². The van der Waals surface area contributed by atoms with Gasteiger partial charge in [0.05, 0.1) is 23.6 Å². The van der Waals surface area contributed by atoms with Gasteiger partial charge in [0.2, 0.25) is 12.0 Å². The van der Waals surface area contributed by atoms with Crippen LogP contribution < -0.4 is 10.6 Å². The van der Waals surface area contributed by atoms with Crippen molar-refractivity contribution in [3.05, 3.63) is 100 Å². The Morgan fingerprint density at radius 3 is 2.13 bits per heavy atom. The summed E-state index contributed by atoms with van der Waals surface area (Å²) in [6, 6.07) is 10.3. The molecule has 0 saturated carbocycles. The molecule has 10 nitrogen and oxygen atoms in total. The molecule has 0 spiro atoms. The first-order valence-electron chi connectivity index (χ1n) is 14.5. The second kappa shape index (κ2) is 14.6. The maximum Gasteiger partial charge on any atom is 0.348 e. The van der Waals surface area contributed by atoms with Crippen LogP contribution in [0.25, 0.3) is 0 Å². The highest BCUT2D eigenvalue weighted by Gasteiger charge is 2.41. The standard InChI is InChI=1S/C33H32F4N2O8/c1-15-20(25(35)27(37)26(36)24(15)34)14-21-29(41)16(2)32(44)47-23(13-18-9-5-4-6-10-18)33(45)46-17(3)28(31(43)38-21)39-30(42)19-11-7-8-12-22(19)40/h4-12,16-17,21,23,28-29,40-41H,13-14H2,1-3H3,(H,38,43)(H,39,42)/t16-,17-,21?,23?,28+,29+/m1/s1. The van der Waals surface area contributed by atoms with Crippen molar-refractivity contribution >= 4 is 23.8 Å². The van der Waals surface area contributed by atoms with Crippen LogP contribution in [0.3, 0.4) is 0 Å². The minimum Gasteiger partial charge on any atom is -0.507 e. The number of hydrogen-bond acceptors (Lipinski definition) is 8. The van der Waals surface area contributed by atoms with E-state index in [1.165, 1.54) is 38.1 Å². The van der Waals surface area contributed by atoms with Crippen LogP contribution in [0, 0.1) is 36.1 Å². The predicted molar refractivity (Wildman–Crippen MR) is 157 cm³/mol. The van der Waals surface area contributed by atoms with Crippen LogP contribution in [0.4, 0.5) is 17.6 Å². The molecule has 2 amide bonds. The highest BCUT2D eigenvalue weighted by Crippen LogP contribution is 2.27. The monoisotopic (exact) mass is 660 g/mol. The third kappa shape index (κ3) is 7.71. The largest absolute Gasteiger partial charge is 0.507 e. The smallest absolute Gasteiger partial charge is 0.348 e. The molecule has 2 unspecified atom stereocenters. The number of carbonyl (C=O) groups excluding carboxylic acids is 4. The molecule has 4 N–H and O–H groups in total. The molecule has 250 valence electrons. The molecule has 0 radical (unpaired) electrons. The highest BCUT2D eigenvalue weighted by molar-refractivity contribution is 6.00. The van der Waals surface area contributed by atoms with Crippen molar-refractivity contribution in [2.75, 3.05) is 0 Å². The Hall–Kier alpha value is -4.98. The molecule has 47 heavy (non-hydrogen) atoms. The molecule has 0 aliphatic carbocycles. The summed E-state index contributed by atoms with van der Waals surface area (Å²) in [6.07, 6.45) is -6.03. The number of rotatable bonds is 6. The Kier molecular flexibility index (Phi) is 10.9. The first kappa shape index (κ1) is 34.9. The van der Waals surface area contributed by atoms with Gasteiger partial charge in [-0.3, -0.25) is 14.4 Å². The minimum atomic E-state index is -2.12. The maximum atomic E-state index is 14.9. The van der Waals surface area contributed by atoms with Crippen LogP contribution in [-0.2, 0) is 36.7 Å². The van der Waals surface area contributed by atoms with E-state index in [0.717, 1.165) is 6.92 Å². The average Bonchev–Trinajstić information content (AvgIpc) is 3.05. The number of phenolic OH excluding ortho intramolecular Hbond substituents is 1. The average molecular weight is 661 g/mol. The van der Waals surface area contributed by atoms with Gasteiger partial charge in [-0.2, -0.15) is 0 Å². The molecule has 4 rings (SSSR count). The molecule has 1 aliphatic rings. The molecule has 1 saturated heterocycles. The lowest BCUT2D eigenvalue weighted by molar-refractivity contribution is -0.177. The van der Waals surface area contributed by atoms with Gasteiger partial charge in [0.15, 0.2) is 23.3 Å². The molecule has 0 aromatic heterocycles. The number of amides is 2. The topological polar surface area (TPSA) is 151 Å². The van der Waals surface area contributed by atoms with Gasteiger partial charge in [-0.1, -0.05) is 42.5 Å². The summed E-state index contributed by atoms with van der Waals surface area (Å²) in [7, 11) is 0. The number of hydrogen-bond donors (Lipinski definition) is 4. The molecule has 0 bridgehead atoms. The Morgan fingerprint density at radius 2 is 1.47 bits per heavy atom. The Morgan fingerprint density at radius 1 is 0.851 bits per heavy atom. The zero-order valence-corrected chi connectivity index (χ0v) is 25.4. The molecular weight excluding hydrogens is 628 g/mol. The molecule has 14 heteroatoms. The lowest BCUT2D eigenvalue weighted by atomic mass is 9.90. The third-order valence-corrected chi connectivity index (χ3v) is 7.95. The van der Waals surface area contributed by atoms with Gasteiger partial charge in [0, 0.05) is 6.42 Å². The van der Waals surface area contributed by atoms with Gasteiger partial charge >= 0.3 is 11.9 Å². The zero-order valence-electron chi connectivity index (χ0n) is 25.4. The van der Waals surface area contributed by atoms with Crippen LogP contribution >= 0.6 is 0 Å². The number of carbonyl (C=O) groups is 4. The summed E-state index contributed by atoms with van der Waals surface area (Å²) in [5.41, 5.74) is -1.09. The number of benzene rings is 3. The minimum absolute atomic E-state index is 0.177. The van der Waals surface area contributed by atoms with Crippen LogP contribution in [0.2, 0.25) is 0 Å². The van der Waals surface area contributed by atoms with Crippen molar-refractivity contribution in [1.29, 1.82) is 0 Å². The van der Waals surface area contributed by atoms with E-state index in [4.69, 9.17) is 9.47 Å². The third-order valence-electron chi connectivity index (χ3n) is 7.95. The maximum absolute atomic E-state index is 14.9. The normalized spacial score (nSPS) is 23.9. The molecule has 6 atom stereocenters. The van der Waals surface area contributed by atoms with Gasteiger partial charge in [-0.05, 0) is 56.0 Å². The number of halogens is 4. The van der Waals surface area contributed by atoms with E-state index in [2.05, 4.69) is 10.6 Å². The SMILES string of the molecule is Cc1c(F)c(F)c(F)c(F)c1CC1NC(=O)[C@@H](NC(=O)c2ccccc2O)[C@@H](C)OC(=O)C(Cc2ccccc2)OC(=O)[C@H](C)[C@@H]1O. The zero-order chi connectivity index (χ0) is 34.6. The molecule has 1 heterocycles. The summed E-state index contributed by atoms with van der Waals surface area (Å²) in [5.74, 6) is -13.9. The van der Waals surface area contributed by atoms with Gasteiger partial charge in [-0.15, -0.1) is 0 Å². The molecular formula is C33H32F4N2O8. The number of aliphatic hydroxyl groups excluding tert-OH is 1. The molecule has 1 fully saturated rings. The number of nitrogens with one attached hydrogen (secondary N) is 2. The quantitative estimate of drug-likeness (QED) is 0.136. The van der Waals surface area contributed by atoms with E-state index >= 15 is 0 Å². The fourth-order valence-electron chi connectivity index (χ4n) is 5.12. The number of aliphatic hydroxyl groups is 1. The predicted octanol–water partition coefficient (Wildman–Crippen LogP) is 3.18. The summed E-state index contributed by atoms with van der Waals surface area (Å²) >= 11 is 0. The van der Waals surface area contributed by atoms with Crippen LogP contribution in [0.1, 0.15) is 40.9 Å². The van der Waals surface area contributed by atoms with Crippen molar-refractivity contribution in [1.82, 2.24) is 10.6 Å². The number of cyclic esters (lactones) is 2. The van der Waals surface area contributed by atoms with E-state index in [1.807, 2.05) is 0 Å². The van der Waals surface area contributed by atoms with Gasteiger partial charge < -0.3 is 30.3 Å². The van der Waals surface area contributed by atoms with Gasteiger partial charge in [0.25, 0.3) is 5.91 Å². The summed E-state index contributed by atoms with van der Waals surface area (Å²) < 4.78 is 68.5. The molecule has 3 aromatic carbocycles. The van der Waals surface area contributed by atoms with Crippen LogP contribution in [0.15, 0.2) is 54.6 Å². The first-order chi connectivity index (χ1) is 22.2. The van der Waals surface area contributed by atoms with E-state index in [0.29, 0.717) is 5.56 Å². The van der Waals surface area contributed by atoms with E-state index in [-0.39, 0.29) is 12.0 Å². The van der Waals surface area contributed by atoms with Crippen molar-refractivity contribution in [3.8, 4) is 5.75 Å². The number of phenols is 1. The summed E-state index contributed by atoms with van der Waals surface area (Å²) in [4.78, 5) is 53.4. The lowest BCUT2D eigenvalue weighted by Crippen LogP contribution is -2.59. The first-order valence-corrected chi connectivity index (χ1v) is 14.5. The van der Waals surface area contributed by atoms with Crippen LogP contribution in [0.5, 0.6) is 5.75 Å². The van der Waals surface area contributed by atoms with Gasteiger partial charge in [0.1, 0.15) is 17.9 Å². The fraction of sp³-hybridized carbons (Fsp3) is 0.333. The number of para-hydroxylation sites is 1. The Labute approximate surface area is 266 Å². The number of esters is 2.